The number of carbonyl (C=O) groups is 2. The molecule has 0 aliphatic carbocycles. The lowest BCUT2D eigenvalue weighted by Crippen LogP contribution is -2.58. The molecule has 2 rings (SSSR count). The Morgan fingerprint density at radius 2 is 2.47 bits per heavy atom. The average Bonchev–Trinajstić information content (AvgIpc) is 2.63. The van der Waals surface area contributed by atoms with Crippen LogP contribution in [0.15, 0.2) is 0 Å². The summed E-state index contributed by atoms with van der Waals surface area (Å²) in [7, 11) is 0. The van der Waals surface area contributed by atoms with Crippen molar-refractivity contribution in [1.29, 1.82) is 0 Å². The Kier molecular flexibility index (Phi) is 2.88. The fourth-order valence-corrected chi connectivity index (χ4v) is 2.04. The fraction of sp³-hybridized carbons (Fsp3) is 0.778. The molecule has 0 saturated carbocycles. The first-order valence-corrected chi connectivity index (χ1v) is 5.17. The number of carbonyl (C=O) groups excluding carboxylic acids is 2. The van der Waals surface area contributed by atoms with Gasteiger partial charge in [-0.25, -0.2) is 10.4 Å². The lowest BCUT2D eigenvalue weighted by atomic mass is 10.1. The minimum atomic E-state index is -0.229. The molecule has 0 aromatic heterocycles. The molecular formula is C9H15N3O3. The highest BCUT2D eigenvalue weighted by Gasteiger charge is 2.42. The summed E-state index contributed by atoms with van der Waals surface area (Å²) in [5, 5.41) is 4.52. The molecule has 1 amide bonds. The van der Waals surface area contributed by atoms with Crippen LogP contribution in [-0.2, 0) is 14.3 Å². The zero-order valence-electron chi connectivity index (χ0n) is 8.66. The SMILES string of the molecule is CCOC(=O)C1CC2C(=O)NCNN2C1. The topological polar surface area (TPSA) is 70.7 Å². The predicted molar refractivity (Wildman–Crippen MR) is 51.4 cm³/mol. The van der Waals surface area contributed by atoms with Gasteiger partial charge in [-0.1, -0.05) is 0 Å². The summed E-state index contributed by atoms with van der Waals surface area (Å²) in [6, 6.07) is -0.229. The van der Waals surface area contributed by atoms with Gasteiger partial charge in [-0.15, -0.1) is 0 Å². The van der Waals surface area contributed by atoms with Crippen molar-refractivity contribution in [1.82, 2.24) is 15.8 Å². The third-order valence-electron chi connectivity index (χ3n) is 2.77. The molecular weight excluding hydrogens is 198 g/mol. The van der Waals surface area contributed by atoms with Gasteiger partial charge in [0.25, 0.3) is 0 Å². The van der Waals surface area contributed by atoms with Gasteiger partial charge in [0, 0.05) is 6.54 Å². The molecule has 2 aliphatic heterocycles. The van der Waals surface area contributed by atoms with Crippen molar-refractivity contribution in [2.45, 2.75) is 19.4 Å². The summed E-state index contributed by atoms with van der Waals surface area (Å²) in [6.45, 7) is 3.16. The zero-order chi connectivity index (χ0) is 10.8. The lowest BCUT2D eigenvalue weighted by molar-refractivity contribution is -0.147. The molecule has 0 aromatic rings. The van der Waals surface area contributed by atoms with E-state index in [0.717, 1.165) is 0 Å². The third-order valence-corrected chi connectivity index (χ3v) is 2.77. The second-order valence-electron chi connectivity index (χ2n) is 3.73. The Balaban J connectivity index is 1.97. The average molecular weight is 213 g/mol. The molecule has 2 saturated heterocycles. The summed E-state index contributed by atoms with van der Waals surface area (Å²) < 4.78 is 4.94. The molecule has 6 heteroatoms. The van der Waals surface area contributed by atoms with E-state index < -0.39 is 0 Å². The number of nitrogens with one attached hydrogen (secondary N) is 2. The number of hydrogen-bond donors (Lipinski definition) is 2. The van der Waals surface area contributed by atoms with Gasteiger partial charge in [0.2, 0.25) is 5.91 Å². The second-order valence-corrected chi connectivity index (χ2v) is 3.73. The van der Waals surface area contributed by atoms with Gasteiger partial charge in [-0.2, -0.15) is 0 Å². The Hall–Kier alpha value is -1.14. The maximum atomic E-state index is 11.5. The number of ether oxygens (including phenoxy) is 1. The van der Waals surface area contributed by atoms with E-state index >= 15 is 0 Å². The molecule has 0 radical (unpaired) electrons. The number of amides is 1. The van der Waals surface area contributed by atoms with Crippen LogP contribution in [0, 0.1) is 5.92 Å². The van der Waals surface area contributed by atoms with Crippen LogP contribution >= 0.6 is 0 Å². The van der Waals surface area contributed by atoms with E-state index in [0.29, 0.717) is 26.2 Å². The van der Waals surface area contributed by atoms with Gasteiger partial charge < -0.3 is 10.1 Å². The van der Waals surface area contributed by atoms with Crippen LogP contribution in [0.2, 0.25) is 0 Å². The molecule has 0 bridgehead atoms. The molecule has 2 unspecified atom stereocenters. The summed E-state index contributed by atoms with van der Waals surface area (Å²) in [5.41, 5.74) is 3.03. The minimum Gasteiger partial charge on any atom is -0.466 e. The van der Waals surface area contributed by atoms with Crippen LogP contribution in [0.4, 0.5) is 0 Å². The first kappa shape index (κ1) is 10.4. The summed E-state index contributed by atoms with van der Waals surface area (Å²) in [4.78, 5) is 22.9. The van der Waals surface area contributed by atoms with E-state index in [9.17, 15) is 9.59 Å². The van der Waals surface area contributed by atoms with E-state index in [4.69, 9.17) is 4.74 Å². The van der Waals surface area contributed by atoms with Crippen LogP contribution in [0.25, 0.3) is 0 Å². The first-order chi connectivity index (χ1) is 7.22. The number of hydrogen-bond acceptors (Lipinski definition) is 5. The van der Waals surface area contributed by atoms with Crippen molar-refractivity contribution in [2.24, 2.45) is 5.92 Å². The quantitative estimate of drug-likeness (QED) is 0.566. The molecule has 6 nitrogen and oxygen atoms in total. The normalized spacial score (nSPS) is 30.9. The smallest absolute Gasteiger partial charge is 0.310 e. The van der Waals surface area contributed by atoms with E-state index in [2.05, 4.69) is 10.7 Å². The molecule has 15 heavy (non-hydrogen) atoms. The van der Waals surface area contributed by atoms with Crippen molar-refractivity contribution >= 4 is 11.9 Å². The monoisotopic (exact) mass is 213 g/mol. The largest absolute Gasteiger partial charge is 0.466 e. The van der Waals surface area contributed by atoms with E-state index in [1.54, 1.807) is 6.92 Å². The van der Waals surface area contributed by atoms with Crippen LogP contribution in [-0.4, -0.2) is 42.7 Å². The van der Waals surface area contributed by atoms with Crippen LogP contribution in [0.3, 0.4) is 0 Å². The summed E-state index contributed by atoms with van der Waals surface area (Å²) >= 11 is 0. The van der Waals surface area contributed by atoms with Crippen molar-refractivity contribution in [3.05, 3.63) is 0 Å². The molecule has 2 N–H and O–H groups in total. The molecule has 0 spiro atoms. The number of hydrazine groups is 1. The van der Waals surface area contributed by atoms with Crippen LogP contribution in [0.1, 0.15) is 13.3 Å². The van der Waals surface area contributed by atoms with E-state index in [-0.39, 0.29) is 23.8 Å². The van der Waals surface area contributed by atoms with Gasteiger partial charge >= 0.3 is 5.97 Å². The van der Waals surface area contributed by atoms with E-state index in [1.165, 1.54) is 0 Å². The highest BCUT2D eigenvalue weighted by atomic mass is 16.5. The van der Waals surface area contributed by atoms with E-state index in [1.807, 2.05) is 5.01 Å². The number of fused-ring (bicyclic) bond motifs is 1. The maximum absolute atomic E-state index is 11.5. The zero-order valence-corrected chi connectivity index (χ0v) is 8.66. The van der Waals surface area contributed by atoms with Crippen molar-refractivity contribution < 1.29 is 14.3 Å². The minimum absolute atomic E-state index is 0.0134. The number of nitrogens with zero attached hydrogens (tertiary/aromatic N) is 1. The Labute approximate surface area is 87.9 Å². The lowest BCUT2D eigenvalue weighted by Gasteiger charge is -2.29. The standard InChI is InChI=1S/C9H15N3O3/c1-2-15-9(14)6-3-7-8(13)10-5-11-12(7)4-6/h6-7,11H,2-5H2,1H3,(H,10,13). The molecule has 0 aromatic carbocycles. The first-order valence-electron chi connectivity index (χ1n) is 5.17. The van der Waals surface area contributed by atoms with Gasteiger partial charge in [0.15, 0.2) is 0 Å². The maximum Gasteiger partial charge on any atom is 0.310 e. The second kappa shape index (κ2) is 4.16. The molecule has 2 atom stereocenters. The van der Waals surface area contributed by atoms with Crippen molar-refractivity contribution in [2.75, 3.05) is 19.8 Å². The number of esters is 1. The third kappa shape index (κ3) is 1.95. The van der Waals surface area contributed by atoms with Gasteiger partial charge in [-0.05, 0) is 13.3 Å². The highest BCUT2D eigenvalue weighted by Crippen LogP contribution is 2.23. The molecule has 2 heterocycles. The van der Waals surface area contributed by atoms with Gasteiger partial charge in [0.05, 0.1) is 19.2 Å². The Morgan fingerprint density at radius 3 is 3.13 bits per heavy atom. The van der Waals surface area contributed by atoms with Crippen molar-refractivity contribution in [3.63, 3.8) is 0 Å². The van der Waals surface area contributed by atoms with Crippen LogP contribution < -0.4 is 10.7 Å². The summed E-state index contributed by atoms with van der Waals surface area (Å²) in [5.74, 6) is -0.409. The highest BCUT2D eigenvalue weighted by molar-refractivity contribution is 5.84. The molecule has 2 aliphatic rings. The fourth-order valence-electron chi connectivity index (χ4n) is 2.04. The van der Waals surface area contributed by atoms with Gasteiger partial charge in [-0.3, -0.25) is 9.59 Å². The molecule has 2 fully saturated rings. The Morgan fingerprint density at radius 1 is 1.67 bits per heavy atom. The molecule has 84 valence electrons. The van der Waals surface area contributed by atoms with Gasteiger partial charge in [0.1, 0.15) is 6.04 Å². The number of rotatable bonds is 2. The predicted octanol–water partition coefficient (Wildman–Crippen LogP) is -1.17. The van der Waals surface area contributed by atoms with Crippen LogP contribution in [0.5, 0.6) is 0 Å². The summed E-state index contributed by atoms with van der Waals surface area (Å²) in [6.07, 6.45) is 0.539. The Bertz CT molecular complexity index is 282. The van der Waals surface area contributed by atoms with Crippen molar-refractivity contribution in [3.8, 4) is 0 Å².